The van der Waals surface area contributed by atoms with Crippen LogP contribution in [-0.2, 0) is 11.3 Å². The summed E-state index contributed by atoms with van der Waals surface area (Å²) in [5, 5.41) is 0. The number of nitrogens with zero attached hydrogens (tertiary/aromatic N) is 1. The summed E-state index contributed by atoms with van der Waals surface area (Å²) in [4.78, 5) is 1.97. The molecule has 0 radical (unpaired) electrons. The molecule has 0 fully saturated rings. The molecule has 0 amide bonds. The van der Waals surface area contributed by atoms with E-state index in [1.165, 1.54) is 12.1 Å². The number of ether oxygens (including phenoxy) is 1. The zero-order valence-electron chi connectivity index (χ0n) is 9.96. The molecule has 0 saturated carbocycles. The minimum absolute atomic E-state index is 0.409. The molecule has 0 aliphatic rings. The summed E-state index contributed by atoms with van der Waals surface area (Å²) in [5.74, 6) is -1.09. The van der Waals surface area contributed by atoms with Crippen molar-refractivity contribution >= 4 is 0 Å². The minimum Gasteiger partial charge on any atom is -0.383 e. The summed E-state index contributed by atoms with van der Waals surface area (Å²) < 4.78 is 31.2. The Morgan fingerprint density at radius 2 is 2.06 bits per heavy atom. The number of hydrogen-bond donors (Lipinski definition) is 1. The predicted octanol–water partition coefficient (Wildman–Crippen LogP) is 1.37. The fourth-order valence-corrected chi connectivity index (χ4v) is 1.56. The van der Waals surface area contributed by atoms with Crippen LogP contribution in [0.3, 0.4) is 0 Å². The number of rotatable bonds is 7. The van der Waals surface area contributed by atoms with Crippen molar-refractivity contribution in [3.63, 3.8) is 0 Å². The third-order valence-corrected chi connectivity index (χ3v) is 2.47. The molecule has 96 valence electrons. The standard InChI is InChI=1S/C12H18F2N2O/c1-17-7-6-16(5-4-15)9-10-2-3-11(13)8-12(10)14/h2-3,8H,4-7,9,15H2,1H3. The summed E-state index contributed by atoms with van der Waals surface area (Å²) in [7, 11) is 1.61. The molecule has 3 nitrogen and oxygen atoms in total. The normalized spacial score (nSPS) is 11.1. The van der Waals surface area contributed by atoms with E-state index >= 15 is 0 Å². The second kappa shape index (κ2) is 7.32. The van der Waals surface area contributed by atoms with Crippen molar-refractivity contribution in [2.45, 2.75) is 6.54 Å². The zero-order valence-corrected chi connectivity index (χ0v) is 9.96. The Bertz CT molecular complexity index is 347. The molecule has 5 heteroatoms. The highest BCUT2D eigenvalue weighted by Gasteiger charge is 2.09. The first kappa shape index (κ1) is 14.0. The van der Waals surface area contributed by atoms with Crippen LogP contribution in [0.25, 0.3) is 0 Å². The molecule has 1 rings (SSSR count). The summed E-state index contributed by atoms with van der Waals surface area (Å²) >= 11 is 0. The first-order valence-electron chi connectivity index (χ1n) is 5.52. The van der Waals surface area contributed by atoms with E-state index < -0.39 is 11.6 Å². The van der Waals surface area contributed by atoms with Crippen molar-refractivity contribution in [2.24, 2.45) is 5.73 Å². The SMILES string of the molecule is COCCN(CCN)Cc1ccc(F)cc1F. The van der Waals surface area contributed by atoms with E-state index in [9.17, 15) is 8.78 Å². The van der Waals surface area contributed by atoms with Crippen LogP contribution < -0.4 is 5.73 Å². The number of hydrogen-bond acceptors (Lipinski definition) is 3. The average Bonchev–Trinajstić information content (AvgIpc) is 2.29. The van der Waals surface area contributed by atoms with Gasteiger partial charge in [-0.05, 0) is 6.07 Å². The van der Waals surface area contributed by atoms with Gasteiger partial charge in [-0.25, -0.2) is 8.78 Å². The van der Waals surface area contributed by atoms with Crippen molar-refractivity contribution in [3.8, 4) is 0 Å². The number of halogens is 2. The van der Waals surface area contributed by atoms with Crippen molar-refractivity contribution in [1.82, 2.24) is 4.90 Å². The Morgan fingerprint density at radius 3 is 2.65 bits per heavy atom. The Morgan fingerprint density at radius 1 is 1.29 bits per heavy atom. The second-order valence-electron chi connectivity index (χ2n) is 3.79. The summed E-state index contributed by atoms with van der Waals surface area (Å²) in [5.41, 5.74) is 5.95. The van der Waals surface area contributed by atoms with Gasteiger partial charge < -0.3 is 10.5 Å². The lowest BCUT2D eigenvalue weighted by atomic mass is 10.2. The highest BCUT2D eigenvalue weighted by Crippen LogP contribution is 2.11. The van der Waals surface area contributed by atoms with Crippen LogP contribution >= 0.6 is 0 Å². The summed E-state index contributed by atoms with van der Waals surface area (Å²) in [6.45, 7) is 2.78. The Labute approximate surface area is 100 Å². The molecular formula is C12H18F2N2O. The van der Waals surface area contributed by atoms with Gasteiger partial charge in [0.05, 0.1) is 6.61 Å². The van der Waals surface area contributed by atoms with Crippen molar-refractivity contribution < 1.29 is 13.5 Å². The van der Waals surface area contributed by atoms with Gasteiger partial charge in [-0.15, -0.1) is 0 Å². The molecule has 0 atom stereocenters. The van der Waals surface area contributed by atoms with Gasteiger partial charge in [0.2, 0.25) is 0 Å². The van der Waals surface area contributed by atoms with Gasteiger partial charge >= 0.3 is 0 Å². The molecule has 0 bridgehead atoms. The smallest absolute Gasteiger partial charge is 0.130 e. The lowest BCUT2D eigenvalue weighted by Crippen LogP contribution is -2.32. The fraction of sp³-hybridized carbons (Fsp3) is 0.500. The van der Waals surface area contributed by atoms with Crippen LogP contribution in [0, 0.1) is 11.6 Å². The molecule has 1 aromatic rings. The van der Waals surface area contributed by atoms with Gasteiger partial charge in [0.1, 0.15) is 11.6 Å². The maximum absolute atomic E-state index is 13.4. The van der Waals surface area contributed by atoms with Crippen LogP contribution in [0.1, 0.15) is 5.56 Å². The van der Waals surface area contributed by atoms with E-state index in [0.717, 1.165) is 6.07 Å². The van der Waals surface area contributed by atoms with Crippen LogP contribution in [-0.4, -0.2) is 38.3 Å². The van der Waals surface area contributed by atoms with Gasteiger partial charge in [0.25, 0.3) is 0 Å². The van der Waals surface area contributed by atoms with Gasteiger partial charge in [-0.3, -0.25) is 4.90 Å². The molecule has 1 aromatic carbocycles. The van der Waals surface area contributed by atoms with Gasteiger partial charge in [-0.2, -0.15) is 0 Å². The lowest BCUT2D eigenvalue weighted by Gasteiger charge is -2.21. The van der Waals surface area contributed by atoms with Crippen LogP contribution in [0.2, 0.25) is 0 Å². The molecule has 0 heterocycles. The largest absolute Gasteiger partial charge is 0.383 e. The molecule has 0 aromatic heterocycles. The lowest BCUT2D eigenvalue weighted by molar-refractivity contribution is 0.145. The minimum atomic E-state index is -0.562. The van der Waals surface area contributed by atoms with Crippen LogP contribution in [0.4, 0.5) is 8.78 Å². The molecule has 0 aliphatic heterocycles. The molecule has 0 unspecified atom stereocenters. The topological polar surface area (TPSA) is 38.5 Å². The van der Waals surface area contributed by atoms with Gasteiger partial charge in [0.15, 0.2) is 0 Å². The average molecular weight is 244 g/mol. The first-order valence-corrected chi connectivity index (χ1v) is 5.52. The number of nitrogens with two attached hydrogens (primary N) is 1. The molecule has 0 saturated heterocycles. The van der Waals surface area contributed by atoms with Gasteiger partial charge in [0, 0.05) is 44.9 Å². The van der Waals surface area contributed by atoms with Crippen molar-refractivity contribution in [1.29, 1.82) is 0 Å². The molecule has 17 heavy (non-hydrogen) atoms. The van der Waals surface area contributed by atoms with Gasteiger partial charge in [-0.1, -0.05) is 6.07 Å². The Kier molecular flexibility index (Phi) is 6.04. The molecule has 0 aliphatic carbocycles. The summed E-state index contributed by atoms with van der Waals surface area (Å²) in [6.07, 6.45) is 0. The van der Waals surface area contributed by atoms with E-state index in [-0.39, 0.29) is 0 Å². The Balaban J connectivity index is 2.64. The van der Waals surface area contributed by atoms with E-state index in [2.05, 4.69) is 0 Å². The van der Waals surface area contributed by atoms with E-state index in [4.69, 9.17) is 10.5 Å². The number of benzene rings is 1. The zero-order chi connectivity index (χ0) is 12.7. The Hall–Kier alpha value is -1.04. The molecule has 2 N–H and O–H groups in total. The third kappa shape index (κ3) is 4.77. The first-order chi connectivity index (χ1) is 8.17. The van der Waals surface area contributed by atoms with Crippen molar-refractivity contribution in [3.05, 3.63) is 35.4 Å². The fourth-order valence-electron chi connectivity index (χ4n) is 1.56. The third-order valence-electron chi connectivity index (χ3n) is 2.47. The predicted molar refractivity (Wildman–Crippen MR) is 62.6 cm³/mol. The molecule has 0 spiro atoms. The monoisotopic (exact) mass is 244 g/mol. The highest BCUT2D eigenvalue weighted by molar-refractivity contribution is 5.18. The van der Waals surface area contributed by atoms with Crippen LogP contribution in [0.5, 0.6) is 0 Å². The summed E-state index contributed by atoms with van der Waals surface area (Å²) in [6, 6.07) is 3.61. The quantitative estimate of drug-likeness (QED) is 0.787. The van der Waals surface area contributed by atoms with E-state index in [1.807, 2.05) is 4.90 Å². The molecular weight excluding hydrogens is 226 g/mol. The second-order valence-corrected chi connectivity index (χ2v) is 3.79. The maximum atomic E-state index is 13.4. The highest BCUT2D eigenvalue weighted by atomic mass is 19.1. The maximum Gasteiger partial charge on any atom is 0.130 e. The van der Waals surface area contributed by atoms with E-state index in [0.29, 0.717) is 38.3 Å². The van der Waals surface area contributed by atoms with E-state index in [1.54, 1.807) is 7.11 Å². The number of methoxy groups -OCH3 is 1. The van der Waals surface area contributed by atoms with Crippen LogP contribution in [0.15, 0.2) is 18.2 Å². The van der Waals surface area contributed by atoms with Crippen molar-refractivity contribution in [2.75, 3.05) is 33.4 Å².